The number of rotatable bonds is 7. The zero-order valence-corrected chi connectivity index (χ0v) is 14.5. The van der Waals surface area contributed by atoms with Gasteiger partial charge in [0.2, 0.25) is 0 Å². The van der Waals surface area contributed by atoms with Crippen molar-refractivity contribution >= 4 is 22.9 Å². The minimum atomic E-state index is 0.479. The van der Waals surface area contributed by atoms with Crippen molar-refractivity contribution in [1.82, 2.24) is 9.88 Å². The van der Waals surface area contributed by atoms with Crippen molar-refractivity contribution in [1.29, 1.82) is 0 Å². The van der Waals surface area contributed by atoms with Gasteiger partial charge in [-0.3, -0.25) is 4.90 Å². The third-order valence-electron chi connectivity index (χ3n) is 3.93. The van der Waals surface area contributed by atoms with Crippen molar-refractivity contribution in [2.45, 2.75) is 45.7 Å². The van der Waals surface area contributed by atoms with Crippen LogP contribution in [0.5, 0.6) is 0 Å². The molecule has 2 rings (SSSR count). The molecule has 0 aliphatic heterocycles. The van der Waals surface area contributed by atoms with Gasteiger partial charge in [-0.1, -0.05) is 38.1 Å². The molecule has 0 spiro atoms. The fourth-order valence-corrected chi connectivity index (χ4v) is 3.52. The SMILES string of the molecule is CCC(C)N(CC)Cc1ccccc1-c1nc(CCl)cs1. The fraction of sp³-hybridized carbons (Fsp3) is 0.471. The molecule has 0 saturated carbocycles. The lowest BCUT2D eigenvalue weighted by Crippen LogP contribution is -2.31. The van der Waals surface area contributed by atoms with Crippen LogP contribution >= 0.6 is 22.9 Å². The monoisotopic (exact) mass is 322 g/mol. The first kappa shape index (κ1) is 16.5. The first-order valence-corrected chi connectivity index (χ1v) is 8.93. The molecule has 1 heterocycles. The summed E-state index contributed by atoms with van der Waals surface area (Å²) in [5.41, 5.74) is 3.54. The summed E-state index contributed by atoms with van der Waals surface area (Å²) in [4.78, 5) is 7.13. The molecule has 0 amide bonds. The summed E-state index contributed by atoms with van der Waals surface area (Å²) in [6.07, 6.45) is 1.17. The standard InChI is InChI=1S/C17H23ClN2S/c1-4-13(3)20(5-2)11-14-8-6-7-9-16(14)17-19-15(10-18)12-21-17/h6-9,12-13H,4-5,10-11H2,1-3H3. The number of thiazole rings is 1. The summed E-state index contributed by atoms with van der Waals surface area (Å²) in [5.74, 6) is 0.479. The van der Waals surface area contributed by atoms with Crippen molar-refractivity contribution in [3.05, 3.63) is 40.9 Å². The first-order chi connectivity index (χ1) is 10.2. The van der Waals surface area contributed by atoms with Gasteiger partial charge in [-0.05, 0) is 25.5 Å². The van der Waals surface area contributed by atoms with Gasteiger partial charge in [0.25, 0.3) is 0 Å². The van der Waals surface area contributed by atoms with E-state index in [0.29, 0.717) is 11.9 Å². The average molecular weight is 323 g/mol. The Morgan fingerprint density at radius 2 is 2.05 bits per heavy atom. The van der Waals surface area contributed by atoms with Crippen LogP contribution in [0, 0.1) is 0 Å². The summed E-state index contributed by atoms with van der Waals surface area (Å²) >= 11 is 7.55. The van der Waals surface area contributed by atoms with Gasteiger partial charge in [0, 0.05) is 23.5 Å². The Morgan fingerprint density at radius 3 is 2.67 bits per heavy atom. The lowest BCUT2D eigenvalue weighted by Gasteiger charge is -2.27. The Balaban J connectivity index is 2.28. The van der Waals surface area contributed by atoms with Gasteiger partial charge < -0.3 is 0 Å². The summed E-state index contributed by atoms with van der Waals surface area (Å²) < 4.78 is 0. The van der Waals surface area contributed by atoms with E-state index in [1.54, 1.807) is 11.3 Å². The van der Waals surface area contributed by atoms with E-state index < -0.39 is 0 Å². The number of nitrogens with zero attached hydrogens (tertiary/aromatic N) is 2. The van der Waals surface area contributed by atoms with Gasteiger partial charge >= 0.3 is 0 Å². The Kier molecular flexibility index (Phi) is 6.22. The number of alkyl halides is 1. The zero-order valence-electron chi connectivity index (χ0n) is 13.0. The van der Waals surface area contributed by atoms with Crippen LogP contribution in [0.2, 0.25) is 0 Å². The molecule has 0 aliphatic rings. The maximum Gasteiger partial charge on any atom is 0.123 e. The summed E-state index contributed by atoms with van der Waals surface area (Å²) in [6.45, 7) is 8.79. The molecule has 0 N–H and O–H groups in total. The molecular weight excluding hydrogens is 300 g/mol. The molecule has 4 heteroatoms. The van der Waals surface area contributed by atoms with E-state index in [0.717, 1.165) is 23.8 Å². The lowest BCUT2D eigenvalue weighted by atomic mass is 10.1. The second-order valence-electron chi connectivity index (χ2n) is 5.26. The minimum Gasteiger partial charge on any atom is -0.297 e. The lowest BCUT2D eigenvalue weighted by molar-refractivity contribution is 0.206. The normalized spacial score (nSPS) is 12.8. The molecule has 1 atom stereocenters. The molecule has 2 nitrogen and oxygen atoms in total. The van der Waals surface area contributed by atoms with Gasteiger partial charge in [-0.25, -0.2) is 4.98 Å². The summed E-state index contributed by atoms with van der Waals surface area (Å²) in [5, 5.41) is 3.12. The van der Waals surface area contributed by atoms with Gasteiger partial charge in [-0.15, -0.1) is 22.9 Å². The largest absolute Gasteiger partial charge is 0.297 e. The van der Waals surface area contributed by atoms with E-state index >= 15 is 0 Å². The van der Waals surface area contributed by atoms with Crippen molar-refractivity contribution in [2.75, 3.05) is 6.54 Å². The minimum absolute atomic E-state index is 0.479. The van der Waals surface area contributed by atoms with E-state index in [1.807, 2.05) is 5.38 Å². The highest BCUT2D eigenvalue weighted by Crippen LogP contribution is 2.28. The fourth-order valence-electron chi connectivity index (χ4n) is 2.42. The van der Waals surface area contributed by atoms with E-state index in [4.69, 9.17) is 11.6 Å². The first-order valence-electron chi connectivity index (χ1n) is 7.52. The summed E-state index contributed by atoms with van der Waals surface area (Å²) in [7, 11) is 0. The van der Waals surface area contributed by atoms with E-state index in [-0.39, 0.29) is 0 Å². The predicted octanol–water partition coefficient (Wildman–Crippen LogP) is 5.17. The third-order valence-corrected chi connectivity index (χ3v) is 5.13. The van der Waals surface area contributed by atoms with E-state index in [2.05, 4.69) is 54.9 Å². The van der Waals surface area contributed by atoms with Crippen LogP contribution in [0.3, 0.4) is 0 Å². The number of halogens is 1. The molecule has 114 valence electrons. The molecule has 2 aromatic rings. The zero-order chi connectivity index (χ0) is 15.2. The molecule has 0 fully saturated rings. The van der Waals surface area contributed by atoms with Crippen LogP contribution in [0.25, 0.3) is 10.6 Å². The van der Waals surface area contributed by atoms with E-state index in [9.17, 15) is 0 Å². The maximum absolute atomic E-state index is 5.87. The van der Waals surface area contributed by atoms with Crippen molar-refractivity contribution in [3.63, 3.8) is 0 Å². The molecule has 0 radical (unpaired) electrons. The van der Waals surface area contributed by atoms with Gasteiger partial charge in [0.05, 0.1) is 11.6 Å². The number of benzene rings is 1. The Hall–Kier alpha value is -0.900. The van der Waals surface area contributed by atoms with Crippen molar-refractivity contribution in [2.24, 2.45) is 0 Å². The second kappa shape index (κ2) is 7.92. The molecule has 1 unspecified atom stereocenters. The second-order valence-corrected chi connectivity index (χ2v) is 6.38. The Bertz CT molecular complexity index is 567. The number of hydrogen-bond acceptors (Lipinski definition) is 3. The molecule has 1 aromatic heterocycles. The Labute approximate surface area is 136 Å². The van der Waals surface area contributed by atoms with Gasteiger partial charge in [-0.2, -0.15) is 0 Å². The highest BCUT2D eigenvalue weighted by molar-refractivity contribution is 7.13. The molecule has 0 saturated heterocycles. The Morgan fingerprint density at radius 1 is 1.29 bits per heavy atom. The highest BCUT2D eigenvalue weighted by Gasteiger charge is 2.14. The van der Waals surface area contributed by atoms with E-state index in [1.165, 1.54) is 17.5 Å². The van der Waals surface area contributed by atoms with Gasteiger partial charge in [0.1, 0.15) is 5.01 Å². The van der Waals surface area contributed by atoms with Crippen LogP contribution in [0.15, 0.2) is 29.6 Å². The van der Waals surface area contributed by atoms with Crippen LogP contribution in [-0.2, 0) is 12.4 Å². The number of aromatic nitrogens is 1. The van der Waals surface area contributed by atoms with Crippen LogP contribution in [0.1, 0.15) is 38.4 Å². The van der Waals surface area contributed by atoms with Crippen LogP contribution in [-0.4, -0.2) is 22.5 Å². The smallest absolute Gasteiger partial charge is 0.123 e. The average Bonchev–Trinajstić information content (AvgIpc) is 3.01. The molecule has 0 bridgehead atoms. The molecule has 21 heavy (non-hydrogen) atoms. The van der Waals surface area contributed by atoms with Crippen molar-refractivity contribution < 1.29 is 0 Å². The molecular formula is C17H23ClN2S. The van der Waals surface area contributed by atoms with Crippen LogP contribution < -0.4 is 0 Å². The topological polar surface area (TPSA) is 16.1 Å². The molecule has 1 aromatic carbocycles. The van der Waals surface area contributed by atoms with Crippen LogP contribution in [0.4, 0.5) is 0 Å². The quantitative estimate of drug-likeness (QED) is 0.654. The maximum atomic E-state index is 5.87. The van der Waals surface area contributed by atoms with Gasteiger partial charge in [0.15, 0.2) is 0 Å². The van der Waals surface area contributed by atoms with Crippen molar-refractivity contribution in [3.8, 4) is 10.6 Å². The molecule has 0 aliphatic carbocycles. The summed E-state index contributed by atoms with van der Waals surface area (Å²) in [6, 6.07) is 9.16. The number of hydrogen-bond donors (Lipinski definition) is 0. The highest BCUT2D eigenvalue weighted by atomic mass is 35.5. The third kappa shape index (κ3) is 4.06. The predicted molar refractivity (Wildman–Crippen MR) is 92.9 cm³/mol.